The van der Waals surface area contributed by atoms with E-state index in [1.165, 1.54) is 17.4 Å². The van der Waals surface area contributed by atoms with Crippen LogP contribution < -0.4 is 5.32 Å². The third-order valence-corrected chi connectivity index (χ3v) is 3.23. The molecule has 1 amide bonds. The average molecular weight is 282 g/mol. The second kappa shape index (κ2) is 5.97. The number of amides is 1. The van der Waals surface area contributed by atoms with Crippen LogP contribution in [0.15, 0.2) is 11.5 Å². The number of carbonyl (C=O) groups is 2. The molecule has 1 rings (SSSR count). The van der Waals surface area contributed by atoms with Gasteiger partial charge in [-0.1, -0.05) is 20.8 Å². The maximum atomic E-state index is 11.7. The minimum absolute atomic E-state index is 0.437. The molecule has 0 fully saturated rings. The molecule has 0 bridgehead atoms. The summed E-state index contributed by atoms with van der Waals surface area (Å²) in [7, 11) is 0. The Morgan fingerprint density at radius 1 is 1.47 bits per heavy atom. The predicted octanol–water partition coefficient (Wildman–Crippen LogP) is 2.08. The number of aliphatic carboxylic acids is 1. The monoisotopic (exact) mass is 282 g/mol. The number of nitrogens with zero attached hydrogens (tertiary/aromatic N) is 1. The molecule has 6 heteroatoms. The molecule has 1 atom stereocenters. The molecule has 0 aromatic carbocycles. The number of aryl methyl sites for hydroxylation is 1. The highest BCUT2D eigenvalue weighted by molar-refractivity contribution is 7.09. The Morgan fingerprint density at radius 2 is 2.11 bits per heavy atom. The van der Waals surface area contributed by atoms with Gasteiger partial charge in [0, 0.05) is 11.5 Å². The van der Waals surface area contributed by atoms with Gasteiger partial charge < -0.3 is 10.4 Å². The molecule has 0 aliphatic rings. The molecular weight excluding hydrogens is 264 g/mol. The summed E-state index contributed by atoms with van der Waals surface area (Å²) in [5.41, 5.74) is 0.146. The summed E-state index contributed by atoms with van der Waals surface area (Å²) in [5.74, 6) is -1.48. The van der Waals surface area contributed by atoms with Crippen LogP contribution in [0.25, 0.3) is 6.08 Å². The van der Waals surface area contributed by atoms with Crippen molar-refractivity contribution in [3.05, 3.63) is 22.2 Å². The zero-order chi connectivity index (χ0) is 14.6. The van der Waals surface area contributed by atoms with Gasteiger partial charge in [0.05, 0.1) is 10.7 Å². The number of aromatic nitrogens is 1. The van der Waals surface area contributed by atoms with Gasteiger partial charge in [-0.2, -0.15) is 0 Å². The lowest BCUT2D eigenvalue weighted by Gasteiger charge is -2.27. The van der Waals surface area contributed by atoms with Gasteiger partial charge in [-0.05, 0) is 18.4 Å². The van der Waals surface area contributed by atoms with Crippen molar-refractivity contribution in [2.75, 3.05) is 0 Å². The molecule has 0 spiro atoms. The highest BCUT2D eigenvalue weighted by Crippen LogP contribution is 2.19. The van der Waals surface area contributed by atoms with Crippen LogP contribution in [0.4, 0.5) is 0 Å². The van der Waals surface area contributed by atoms with Crippen LogP contribution in [-0.2, 0) is 9.59 Å². The van der Waals surface area contributed by atoms with Crippen molar-refractivity contribution < 1.29 is 14.7 Å². The maximum Gasteiger partial charge on any atom is 0.326 e. The van der Waals surface area contributed by atoms with Gasteiger partial charge in [0.25, 0.3) is 0 Å². The number of carboxylic acids is 1. The third kappa shape index (κ3) is 4.82. The molecule has 0 radical (unpaired) electrons. The maximum absolute atomic E-state index is 11.7. The van der Waals surface area contributed by atoms with E-state index in [2.05, 4.69) is 10.3 Å². The van der Waals surface area contributed by atoms with E-state index >= 15 is 0 Å². The molecule has 0 aliphatic carbocycles. The lowest BCUT2D eigenvalue weighted by molar-refractivity contribution is -0.144. The fourth-order valence-electron chi connectivity index (χ4n) is 1.46. The Morgan fingerprint density at radius 3 is 2.53 bits per heavy atom. The van der Waals surface area contributed by atoms with Crippen molar-refractivity contribution in [1.29, 1.82) is 0 Å². The predicted molar refractivity (Wildman–Crippen MR) is 74.9 cm³/mol. The van der Waals surface area contributed by atoms with Crippen molar-refractivity contribution in [2.24, 2.45) is 5.41 Å². The SMILES string of the molecule is Cc1nc(/C=C/C(=O)NC(C(=O)O)C(C)(C)C)cs1. The van der Waals surface area contributed by atoms with Crippen molar-refractivity contribution in [2.45, 2.75) is 33.7 Å². The molecule has 19 heavy (non-hydrogen) atoms. The van der Waals surface area contributed by atoms with E-state index in [9.17, 15) is 9.59 Å². The summed E-state index contributed by atoms with van der Waals surface area (Å²) in [4.78, 5) is 27.0. The first kappa shape index (κ1) is 15.4. The molecular formula is C13H18N2O3S. The molecule has 1 heterocycles. The molecule has 0 aliphatic heterocycles. The van der Waals surface area contributed by atoms with Gasteiger partial charge in [-0.15, -0.1) is 11.3 Å². The van der Waals surface area contributed by atoms with E-state index in [-0.39, 0.29) is 0 Å². The van der Waals surface area contributed by atoms with Crippen LogP contribution >= 0.6 is 11.3 Å². The zero-order valence-electron chi connectivity index (χ0n) is 11.4. The minimum atomic E-state index is -1.04. The second-order valence-corrected chi connectivity index (χ2v) is 6.33. The van der Waals surface area contributed by atoms with E-state index in [0.717, 1.165) is 5.01 Å². The summed E-state index contributed by atoms with van der Waals surface area (Å²) in [6.07, 6.45) is 2.87. The number of hydrogen-bond acceptors (Lipinski definition) is 4. The van der Waals surface area contributed by atoms with E-state index < -0.39 is 23.3 Å². The summed E-state index contributed by atoms with van der Waals surface area (Å²) in [6, 6.07) is -0.929. The number of carbonyl (C=O) groups excluding carboxylic acids is 1. The number of hydrogen-bond donors (Lipinski definition) is 2. The van der Waals surface area contributed by atoms with E-state index in [4.69, 9.17) is 5.11 Å². The topological polar surface area (TPSA) is 79.3 Å². The fraction of sp³-hybridized carbons (Fsp3) is 0.462. The van der Waals surface area contributed by atoms with Crippen LogP contribution in [0, 0.1) is 12.3 Å². The van der Waals surface area contributed by atoms with Crippen molar-refractivity contribution in [3.63, 3.8) is 0 Å². The first-order valence-corrected chi connectivity index (χ1v) is 6.71. The van der Waals surface area contributed by atoms with Crippen LogP contribution in [0.1, 0.15) is 31.5 Å². The van der Waals surface area contributed by atoms with Crippen LogP contribution in [0.3, 0.4) is 0 Å². The van der Waals surface area contributed by atoms with Crippen molar-refractivity contribution in [3.8, 4) is 0 Å². The molecule has 1 aromatic rings. The average Bonchev–Trinajstić information content (AvgIpc) is 2.67. The standard InChI is InChI=1S/C13H18N2O3S/c1-8-14-9(7-19-8)5-6-10(16)15-11(12(17)18)13(2,3)4/h5-7,11H,1-4H3,(H,15,16)(H,17,18)/b6-5+. The summed E-state index contributed by atoms with van der Waals surface area (Å²) in [5, 5.41) is 14.3. The number of thiazole rings is 1. The molecule has 5 nitrogen and oxygen atoms in total. The van der Waals surface area contributed by atoms with Gasteiger partial charge in [0.15, 0.2) is 0 Å². The van der Waals surface area contributed by atoms with Crippen molar-refractivity contribution >= 4 is 29.3 Å². The minimum Gasteiger partial charge on any atom is -0.480 e. The van der Waals surface area contributed by atoms with Gasteiger partial charge in [-0.25, -0.2) is 9.78 Å². The quantitative estimate of drug-likeness (QED) is 0.829. The number of nitrogens with one attached hydrogen (secondary N) is 1. The normalized spacial score (nSPS) is 13.5. The zero-order valence-corrected chi connectivity index (χ0v) is 12.2. The Labute approximate surface area is 116 Å². The van der Waals surface area contributed by atoms with E-state index in [1.807, 2.05) is 12.3 Å². The molecule has 1 unspecified atom stereocenters. The molecule has 0 saturated heterocycles. The van der Waals surface area contributed by atoms with E-state index in [0.29, 0.717) is 5.69 Å². The first-order chi connectivity index (χ1) is 8.70. The summed E-state index contributed by atoms with van der Waals surface area (Å²) < 4.78 is 0. The van der Waals surface area contributed by atoms with Crippen molar-refractivity contribution in [1.82, 2.24) is 10.3 Å². The molecule has 104 valence electrons. The Hall–Kier alpha value is -1.69. The van der Waals surface area contributed by atoms with Gasteiger partial charge in [0.2, 0.25) is 5.91 Å². The fourth-order valence-corrected chi connectivity index (χ4v) is 2.04. The van der Waals surface area contributed by atoms with Gasteiger partial charge >= 0.3 is 5.97 Å². The second-order valence-electron chi connectivity index (χ2n) is 5.27. The first-order valence-electron chi connectivity index (χ1n) is 5.83. The Bertz CT molecular complexity index is 500. The Balaban J connectivity index is 2.68. The number of rotatable bonds is 4. The largest absolute Gasteiger partial charge is 0.480 e. The van der Waals surface area contributed by atoms with E-state index in [1.54, 1.807) is 26.8 Å². The number of carboxylic acid groups (broad SMARTS) is 1. The van der Waals surface area contributed by atoms with Crippen LogP contribution in [0.5, 0.6) is 0 Å². The van der Waals surface area contributed by atoms with Gasteiger partial charge in [0.1, 0.15) is 6.04 Å². The highest BCUT2D eigenvalue weighted by Gasteiger charge is 2.31. The highest BCUT2D eigenvalue weighted by atomic mass is 32.1. The smallest absolute Gasteiger partial charge is 0.326 e. The summed E-state index contributed by atoms with van der Waals surface area (Å²) in [6.45, 7) is 7.17. The Kier molecular flexibility index (Phi) is 4.83. The van der Waals surface area contributed by atoms with Crippen LogP contribution in [0.2, 0.25) is 0 Å². The molecule has 0 saturated carbocycles. The lowest BCUT2D eigenvalue weighted by atomic mass is 9.87. The molecule has 2 N–H and O–H groups in total. The third-order valence-electron chi connectivity index (χ3n) is 2.44. The molecule has 1 aromatic heterocycles. The van der Waals surface area contributed by atoms with Gasteiger partial charge in [-0.3, -0.25) is 4.79 Å². The lowest BCUT2D eigenvalue weighted by Crippen LogP contribution is -2.48. The van der Waals surface area contributed by atoms with Crippen LogP contribution in [-0.4, -0.2) is 28.0 Å². The summed E-state index contributed by atoms with van der Waals surface area (Å²) >= 11 is 1.49.